The van der Waals surface area contributed by atoms with Crippen LogP contribution in [-0.4, -0.2) is 20.5 Å². The first-order chi connectivity index (χ1) is 17.5. The molecule has 5 heteroatoms. The number of pyridine rings is 1. The smallest absolute Gasteiger partial charge is 0.226 e. The lowest BCUT2D eigenvalue weighted by Crippen LogP contribution is -2.46. The standard InChI is InChI=1S/C31H26N4O/c1-20-26-16-15-25-28(22-8-5-4-6-9-22)34-35(30(25)31(26,2)18-27(32-3)29(20)36)24-13-11-21(12-14-24)23-10-7-17-33-19-23/h4-14,17-20,26H,15-16H2,1-2H3/t20-,26-,31-/m1/s1. The molecular formula is C31H26N4O. The van der Waals surface area contributed by atoms with Crippen LogP contribution in [-0.2, 0) is 16.6 Å². The van der Waals surface area contributed by atoms with Gasteiger partial charge in [0.25, 0.3) is 0 Å². The van der Waals surface area contributed by atoms with E-state index in [0.717, 1.165) is 46.6 Å². The van der Waals surface area contributed by atoms with Gasteiger partial charge in [-0.15, -0.1) is 0 Å². The highest BCUT2D eigenvalue weighted by Gasteiger charge is 2.50. The van der Waals surface area contributed by atoms with Gasteiger partial charge in [0, 0.05) is 34.9 Å². The van der Waals surface area contributed by atoms with Gasteiger partial charge in [-0.3, -0.25) is 4.98 Å². The van der Waals surface area contributed by atoms with Crippen molar-refractivity contribution < 1.29 is 4.79 Å². The fraction of sp³-hybridized carbons (Fsp3) is 0.226. The molecule has 2 aliphatic rings. The molecule has 0 amide bonds. The third-order valence-corrected chi connectivity index (χ3v) is 7.95. The molecule has 0 N–H and O–H groups in total. The molecule has 0 unspecified atom stereocenters. The summed E-state index contributed by atoms with van der Waals surface area (Å²) in [6.07, 6.45) is 7.30. The van der Waals surface area contributed by atoms with Crippen molar-refractivity contribution in [2.45, 2.75) is 32.1 Å². The summed E-state index contributed by atoms with van der Waals surface area (Å²) in [5, 5.41) is 5.18. The number of hydrogen-bond acceptors (Lipinski definition) is 3. The summed E-state index contributed by atoms with van der Waals surface area (Å²) in [5.41, 5.74) is 7.24. The summed E-state index contributed by atoms with van der Waals surface area (Å²) in [5.74, 6) is -0.114. The van der Waals surface area contributed by atoms with Crippen LogP contribution in [0.5, 0.6) is 0 Å². The second-order valence-corrected chi connectivity index (χ2v) is 9.96. The van der Waals surface area contributed by atoms with E-state index in [0.29, 0.717) is 0 Å². The van der Waals surface area contributed by atoms with E-state index in [1.807, 2.05) is 49.5 Å². The summed E-state index contributed by atoms with van der Waals surface area (Å²) >= 11 is 0. The fourth-order valence-electron chi connectivity index (χ4n) is 6.16. The largest absolute Gasteiger partial charge is 0.308 e. The summed E-state index contributed by atoms with van der Waals surface area (Å²) in [6.45, 7) is 11.8. The van der Waals surface area contributed by atoms with Crippen molar-refractivity contribution in [1.29, 1.82) is 0 Å². The molecule has 0 aliphatic heterocycles. The van der Waals surface area contributed by atoms with Crippen molar-refractivity contribution in [2.75, 3.05) is 0 Å². The monoisotopic (exact) mass is 470 g/mol. The Hall–Kier alpha value is -4.30. The van der Waals surface area contributed by atoms with Gasteiger partial charge < -0.3 is 4.79 Å². The number of benzene rings is 2. The minimum Gasteiger partial charge on any atom is -0.308 e. The zero-order valence-electron chi connectivity index (χ0n) is 20.3. The normalized spacial score (nSPS) is 22.8. The van der Waals surface area contributed by atoms with Crippen LogP contribution in [0.2, 0.25) is 0 Å². The molecule has 2 aromatic heterocycles. The molecule has 3 atom stereocenters. The molecule has 0 fully saturated rings. The van der Waals surface area contributed by atoms with Crippen molar-refractivity contribution in [2.24, 2.45) is 11.8 Å². The second kappa shape index (κ2) is 8.42. The molecular weight excluding hydrogens is 444 g/mol. The Balaban J connectivity index is 1.57. The molecule has 0 saturated heterocycles. The molecule has 5 nitrogen and oxygen atoms in total. The van der Waals surface area contributed by atoms with Crippen LogP contribution >= 0.6 is 0 Å². The molecule has 4 aromatic rings. The van der Waals surface area contributed by atoms with Gasteiger partial charge in [-0.05, 0) is 48.1 Å². The lowest BCUT2D eigenvalue weighted by molar-refractivity contribution is -0.121. The Kier molecular flexibility index (Phi) is 5.19. The first-order valence-corrected chi connectivity index (χ1v) is 12.3. The number of carbonyl (C=O) groups excluding carboxylic acids is 1. The van der Waals surface area contributed by atoms with Gasteiger partial charge in [0.05, 0.1) is 23.6 Å². The Bertz CT molecular complexity index is 1530. The van der Waals surface area contributed by atoms with E-state index in [-0.39, 0.29) is 23.3 Å². The quantitative estimate of drug-likeness (QED) is 0.324. The maximum Gasteiger partial charge on any atom is 0.226 e. The van der Waals surface area contributed by atoms with Crippen molar-refractivity contribution in [1.82, 2.24) is 14.8 Å². The predicted molar refractivity (Wildman–Crippen MR) is 140 cm³/mol. The minimum atomic E-state index is -0.469. The van der Waals surface area contributed by atoms with E-state index in [1.165, 1.54) is 5.56 Å². The van der Waals surface area contributed by atoms with Gasteiger partial charge in [-0.2, -0.15) is 5.10 Å². The number of ketones is 1. The van der Waals surface area contributed by atoms with Crippen molar-refractivity contribution in [3.05, 3.63) is 114 Å². The maximum absolute atomic E-state index is 12.9. The summed E-state index contributed by atoms with van der Waals surface area (Å²) in [4.78, 5) is 20.8. The molecule has 0 spiro atoms. The Morgan fingerprint density at radius 2 is 1.75 bits per heavy atom. The highest BCUT2D eigenvalue weighted by Crippen LogP contribution is 2.52. The van der Waals surface area contributed by atoms with E-state index in [9.17, 15) is 4.79 Å². The number of Topliss-reactive ketones (excluding diaryl/α,β-unsaturated/α-hetero) is 1. The fourth-order valence-corrected chi connectivity index (χ4v) is 6.16. The van der Waals surface area contributed by atoms with Gasteiger partial charge in [0.2, 0.25) is 5.70 Å². The molecule has 0 bridgehead atoms. The number of fused-ring (bicyclic) bond motifs is 3. The van der Waals surface area contributed by atoms with Gasteiger partial charge in [0.1, 0.15) is 0 Å². The van der Waals surface area contributed by atoms with E-state index in [2.05, 4.69) is 57.8 Å². The molecule has 0 radical (unpaired) electrons. The average Bonchev–Trinajstić information content (AvgIpc) is 3.33. The van der Waals surface area contributed by atoms with Crippen LogP contribution in [0.15, 0.2) is 90.9 Å². The number of carbonyl (C=O) groups is 1. The highest BCUT2D eigenvalue weighted by atomic mass is 16.1. The van der Waals surface area contributed by atoms with Crippen LogP contribution in [0.1, 0.15) is 31.5 Å². The molecule has 2 aromatic carbocycles. The Labute approximate surface area is 211 Å². The number of allylic oxidation sites excluding steroid dienone is 2. The van der Waals surface area contributed by atoms with Crippen LogP contribution in [0.25, 0.3) is 32.9 Å². The lowest BCUT2D eigenvalue weighted by Gasteiger charge is -2.45. The third kappa shape index (κ3) is 3.33. The first-order valence-electron chi connectivity index (χ1n) is 12.3. The second-order valence-electron chi connectivity index (χ2n) is 9.96. The topological polar surface area (TPSA) is 52.1 Å². The van der Waals surface area contributed by atoms with Crippen LogP contribution in [0.4, 0.5) is 0 Å². The van der Waals surface area contributed by atoms with Gasteiger partial charge in [-0.1, -0.05) is 68.5 Å². The van der Waals surface area contributed by atoms with Crippen LogP contribution in [0.3, 0.4) is 0 Å². The zero-order chi connectivity index (χ0) is 24.9. The Morgan fingerprint density at radius 3 is 2.44 bits per heavy atom. The summed E-state index contributed by atoms with van der Waals surface area (Å²) < 4.78 is 2.05. The zero-order valence-corrected chi connectivity index (χ0v) is 20.3. The Morgan fingerprint density at radius 1 is 1.00 bits per heavy atom. The van der Waals surface area contributed by atoms with Gasteiger partial charge >= 0.3 is 0 Å². The molecule has 36 heavy (non-hydrogen) atoms. The number of hydrogen-bond donors (Lipinski definition) is 0. The average molecular weight is 471 g/mol. The maximum atomic E-state index is 12.9. The number of rotatable bonds is 3. The van der Waals surface area contributed by atoms with Crippen molar-refractivity contribution in [3.8, 4) is 28.1 Å². The number of nitrogens with zero attached hydrogens (tertiary/aromatic N) is 4. The van der Waals surface area contributed by atoms with E-state index >= 15 is 0 Å². The van der Waals surface area contributed by atoms with Gasteiger partial charge in [-0.25, -0.2) is 9.53 Å². The molecule has 6 rings (SSSR count). The van der Waals surface area contributed by atoms with E-state index in [1.54, 1.807) is 6.20 Å². The third-order valence-electron chi connectivity index (χ3n) is 7.95. The van der Waals surface area contributed by atoms with E-state index in [4.69, 9.17) is 11.7 Å². The van der Waals surface area contributed by atoms with E-state index < -0.39 is 5.41 Å². The molecule has 2 heterocycles. The SMILES string of the molecule is [C-]#[N+]C1=C[C@@]2(C)c3c(c(-c4ccccc4)nn3-c3ccc(-c4cccnc4)cc3)CC[C@@H]2[C@@H](C)C1=O. The number of aromatic nitrogens is 3. The van der Waals surface area contributed by atoms with Crippen molar-refractivity contribution in [3.63, 3.8) is 0 Å². The van der Waals surface area contributed by atoms with Crippen LogP contribution in [0, 0.1) is 18.4 Å². The first kappa shape index (κ1) is 22.2. The van der Waals surface area contributed by atoms with Gasteiger partial charge in [0.15, 0.2) is 5.78 Å². The van der Waals surface area contributed by atoms with Crippen LogP contribution < -0.4 is 0 Å². The summed E-state index contributed by atoms with van der Waals surface area (Å²) in [6, 6.07) is 22.6. The molecule has 0 saturated carbocycles. The predicted octanol–water partition coefficient (Wildman–Crippen LogP) is 6.44. The van der Waals surface area contributed by atoms with Crippen molar-refractivity contribution >= 4 is 5.78 Å². The summed E-state index contributed by atoms with van der Waals surface area (Å²) in [7, 11) is 0. The lowest BCUT2D eigenvalue weighted by atomic mass is 9.58. The minimum absolute atomic E-state index is 0.0360. The molecule has 2 aliphatic carbocycles. The molecule has 176 valence electrons. The highest BCUT2D eigenvalue weighted by molar-refractivity contribution is 6.00.